The molecule has 3 aromatic heterocycles. The number of aromatic nitrogens is 3. The Bertz CT molecular complexity index is 2700. The average Bonchev–Trinajstić information content (AvgIpc) is 3.73. The van der Waals surface area contributed by atoms with Crippen molar-refractivity contribution in [2.75, 3.05) is 0 Å². The van der Waals surface area contributed by atoms with Gasteiger partial charge in [-0.25, -0.2) is 9.97 Å². The molecule has 222 valence electrons. The molecule has 1 aliphatic carbocycles. The van der Waals surface area contributed by atoms with E-state index in [1.54, 1.807) is 0 Å². The Morgan fingerprint density at radius 1 is 0.553 bits per heavy atom. The molecule has 0 saturated carbocycles. The molecule has 4 heteroatoms. The van der Waals surface area contributed by atoms with E-state index in [1.165, 1.54) is 44.1 Å². The maximum absolute atomic E-state index is 6.57. The van der Waals surface area contributed by atoms with Gasteiger partial charge in [-0.2, -0.15) is 0 Å². The fourth-order valence-electron chi connectivity index (χ4n) is 7.72. The lowest BCUT2D eigenvalue weighted by molar-refractivity contribution is 0.661. The molecule has 0 saturated heterocycles. The van der Waals surface area contributed by atoms with Crippen molar-refractivity contribution in [2.24, 2.45) is 0 Å². The van der Waals surface area contributed by atoms with Crippen LogP contribution in [0.5, 0.6) is 0 Å². The van der Waals surface area contributed by atoms with Crippen LogP contribution in [0.15, 0.2) is 144 Å². The van der Waals surface area contributed by atoms with Gasteiger partial charge in [-0.05, 0) is 58.7 Å². The third-order valence-electron chi connectivity index (χ3n) is 10.0. The standard InChI is InChI=1S/C43H29N3O/c1-43(2)34-19-11-9-17-29(34)31-24-32-30-18-10-12-20-36(30)46(37(32)25-35(31)43)28-21-22-38-33(23-28)40-41(47-38)39(26-13-5-3-6-14-26)44-42(45-40)27-15-7-4-8-16-27/h3-25H,1-2H3. The van der Waals surface area contributed by atoms with Crippen LogP contribution in [0.25, 0.3) is 83.3 Å². The molecule has 3 heterocycles. The summed E-state index contributed by atoms with van der Waals surface area (Å²) in [6, 6.07) is 49.3. The minimum Gasteiger partial charge on any atom is -0.452 e. The third-order valence-corrected chi connectivity index (χ3v) is 10.0. The molecule has 0 aliphatic heterocycles. The fraction of sp³-hybridized carbons (Fsp3) is 0.0698. The first-order valence-electron chi connectivity index (χ1n) is 16.1. The van der Waals surface area contributed by atoms with Crippen LogP contribution in [-0.2, 0) is 5.41 Å². The van der Waals surface area contributed by atoms with Gasteiger partial charge in [-0.3, -0.25) is 0 Å². The van der Waals surface area contributed by atoms with Gasteiger partial charge < -0.3 is 8.98 Å². The van der Waals surface area contributed by atoms with Crippen LogP contribution in [-0.4, -0.2) is 14.5 Å². The topological polar surface area (TPSA) is 43.9 Å². The molecular formula is C43H29N3O. The lowest BCUT2D eigenvalue weighted by Gasteiger charge is -2.21. The van der Waals surface area contributed by atoms with Crippen molar-refractivity contribution in [2.45, 2.75) is 19.3 Å². The molecule has 9 aromatic rings. The normalized spacial score (nSPS) is 13.5. The Kier molecular flexibility index (Phi) is 5.31. The number of nitrogens with zero attached hydrogens (tertiary/aromatic N) is 3. The van der Waals surface area contributed by atoms with Crippen LogP contribution in [0.1, 0.15) is 25.0 Å². The molecule has 4 nitrogen and oxygen atoms in total. The molecule has 6 aromatic carbocycles. The average molecular weight is 604 g/mol. The number of fused-ring (bicyclic) bond motifs is 9. The van der Waals surface area contributed by atoms with Crippen LogP contribution in [0.3, 0.4) is 0 Å². The molecule has 1 aliphatic rings. The molecule has 0 radical (unpaired) electrons. The quantitative estimate of drug-likeness (QED) is 0.202. The van der Waals surface area contributed by atoms with Crippen LogP contribution in [0, 0.1) is 0 Å². The highest BCUT2D eigenvalue weighted by molar-refractivity contribution is 6.13. The summed E-state index contributed by atoms with van der Waals surface area (Å²) in [5, 5.41) is 3.46. The van der Waals surface area contributed by atoms with E-state index in [1.807, 2.05) is 36.4 Å². The number of furan rings is 1. The molecule has 0 fully saturated rings. The maximum Gasteiger partial charge on any atom is 0.180 e. The smallest absolute Gasteiger partial charge is 0.180 e. The molecule has 0 unspecified atom stereocenters. The Morgan fingerprint density at radius 3 is 2.11 bits per heavy atom. The maximum atomic E-state index is 6.57. The Hall–Kier alpha value is -6.00. The van der Waals surface area contributed by atoms with Gasteiger partial charge in [0.1, 0.15) is 16.8 Å². The number of benzene rings is 6. The predicted octanol–water partition coefficient (Wildman–Crippen LogP) is 11.1. The largest absolute Gasteiger partial charge is 0.452 e. The van der Waals surface area contributed by atoms with Gasteiger partial charge in [-0.1, -0.05) is 117 Å². The second-order valence-corrected chi connectivity index (χ2v) is 13.0. The number of rotatable bonds is 3. The molecule has 47 heavy (non-hydrogen) atoms. The first-order valence-corrected chi connectivity index (χ1v) is 16.1. The lowest BCUT2D eigenvalue weighted by Crippen LogP contribution is -2.14. The summed E-state index contributed by atoms with van der Waals surface area (Å²) in [6.07, 6.45) is 0. The molecule has 10 rings (SSSR count). The molecular weight excluding hydrogens is 574 g/mol. The van der Waals surface area contributed by atoms with Gasteiger partial charge in [0.2, 0.25) is 0 Å². The third kappa shape index (κ3) is 3.70. The van der Waals surface area contributed by atoms with Crippen LogP contribution in [0.4, 0.5) is 0 Å². The second-order valence-electron chi connectivity index (χ2n) is 13.0. The molecule has 0 bridgehead atoms. The minimum absolute atomic E-state index is 0.0925. The van der Waals surface area contributed by atoms with Crippen molar-refractivity contribution in [3.05, 3.63) is 151 Å². The summed E-state index contributed by atoms with van der Waals surface area (Å²) in [5.74, 6) is 0.680. The number of para-hydroxylation sites is 1. The van der Waals surface area contributed by atoms with Gasteiger partial charge in [0.15, 0.2) is 11.4 Å². The van der Waals surface area contributed by atoms with Crippen molar-refractivity contribution in [3.8, 4) is 39.5 Å². The van der Waals surface area contributed by atoms with Gasteiger partial charge in [0.05, 0.1) is 11.0 Å². The van der Waals surface area contributed by atoms with Crippen molar-refractivity contribution >= 4 is 43.9 Å². The summed E-state index contributed by atoms with van der Waals surface area (Å²) in [6.45, 7) is 4.68. The van der Waals surface area contributed by atoms with Crippen LogP contribution in [0.2, 0.25) is 0 Å². The first kappa shape index (κ1) is 26.2. The van der Waals surface area contributed by atoms with E-state index < -0.39 is 0 Å². The van der Waals surface area contributed by atoms with Crippen LogP contribution >= 0.6 is 0 Å². The predicted molar refractivity (Wildman–Crippen MR) is 192 cm³/mol. The Labute approximate surface area is 271 Å². The highest BCUT2D eigenvalue weighted by atomic mass is 16.3. The zero-order valence-electron chi connectivity index (χ0n) is 26.0. The van der Waals surface area contributed by atoms with Crippen molar-refractivity contribution in [1.82, 2.24) is 14.5 Å². The van der Waals surface area contributed by atoms with Crippen LogP contribution < -0.4 is 0 Å². The van der Waals surface area contributed by atoms with Crippen molar-refractivity contribution in [1.29, 1.82) is 0 Å². The van der Waals surface area contributed by atoms with E-state index >= 15 is 0 Å². The van der Waals surface area contributed by atoms with Gasteiger partial charge in [0, 0.05) is 38.4 Å². The fourth-order valence-corrected chi connectivity index (χ4v) is 7.72. The summed E-state index contributed by atoms with van der Waals surface area (Å²) in [4.78, 5) is 10.2. The highest BCUT2D eigenvalue weighted by Crippen LogP contribution is 2.51. The molecule has 0 atom stereocenters. The summed E-state index contributed by atoms with van der Waals surface area (Å²) in [7, 11) is 0. The zero-order chi connectivity index (χ0) is 31.3. The van der Waals surface area contributed by atoms with E-state index in [9.17, 15) is 0 Å². The van der Waals surface area contributed by atoms with Crippen molar-refractivity contribution < 1.29 is 4.42 Å². The van der Waals surface area contributed by atoms with Gasteiger partial charge >= 0.3 is 0 Å². The van der Waals surface area contributed by atoms with E-state index in [0.29, 0.717) is 11.4 Å². The summed E-state index contributed by atoms with van der Waals surface area (Å²) < 4.78 is 8.97. The summed E-state index contributed by atoms with van der Waals surface area (Å²) in [5.41, 5.74) is 13.8. The lowest BCUT2D eigenvalue weighted by atomic mass is 9.82. The first-order chi connectivity index (χ1) is 23.1. The monoisotopic (exact) mass is 603 g/mol. The molecule has 0 spiro atoms. The van der Waals surface area contributed by atoms with Gasteiger partial charge in [0.25, 0.3) is 0 Å². The van der Waals surface area contributed by atoms with Crippen molar-refractivity contribution in [3.63, 3.8) is 0 Å². The number of hydrogen-bond acceptors (Lipinski definition) is 3. The SMILES string of the molecule is CC1(C)c2ccccc2-c2cc3c4ccccc4n(-c4ccc5oc6c(-c7ccccc7)nc(-c7ccccc7)nc6c5c4)c3cc21. The Balaban J connectivity index is 1.26. The van der Waals surface area contributed by atoms with E-state index in [-0.39, 0.29) is 5.41 Å². The highest BCUT2D eigenvalue weighted by Gasteiger charge is 2.36. The Morgan fingerprint density at radius 2 is 1.28 bits per heavy atom. The van der Waals surface area contributed by atoms with E-state index in [0.717, 1.165) is 39.0 Å². The van der Waals surface area contributed by atoms with E-state index in [2.05, 4.69) is 122 Å². The molecule has 0 amide bonds. The second kappa shape index (κ2) is 9.51. The van der Waals surface area contributed by atoms with E-state index in [4.69, 9.17) is 14.4 Å². The van der Waals surface area contributed by atoms with Gasteiger partial charge in [-0.15, -0.1) is 0 Å². The minimum atomic E-state index is -0.0925. The molecule has 0 N–H and O–H groups in total. The zero-order valence-corrected chi connectivity index (χ0v) is 26.0. The summed E-state index contributed by atoms with van der Waals surface area (Å²) >= 11 is 0. The number of hydrogen-bond donors (Lipinski definition) is 0.